The number of hydrogen-bond acceptors (Lipinski definition) is 4. The number of thioether (sulfide) groups is 1. The molecule has 0 saturated heterocycles. The molecule has 0 unspecified atom stereocenters. The number of amidine groups is 1. The average Bonchev–Trinajstić information content (AvgIpc) is 2.98. The van der Waals surface area contributed by atoms with Crippen molar-refractivity contribution >= 4 is 28.3 Å². The fourth-order valence-corrected chi connectivity index (χ4v) is 3.87. The molecule has 1 aliphatic rings. The number of nitrogens with zero attached hydrogens (tertiary/aromatic N) is 3. The van der Waals surface area contributed by atoms with Gasteiger partial charge in [-0.15, -0.1) is 0 Å². The Labute approximate surface area is 173 Å². The van der Waals surface area contributed by atoms with Crippen molar-refractivity contribution in [2.45, 2.75) is 20.3 Å². The Hall–Kier alpha value is -3.19. The summed E-state index contributed by atoms with van der Waals surface area (Å²) < 4.78 is 3.46. The van der Waals surface area contributed by atoms with Gasteiger partial charge < -0.3 is 0 Å². The van der Waals surface area contributed by atoms with Crippen LogP contribution in [0.4, 0.5) is 5.69 Å². The third kappa shape index (κ3) is 3.73. The second-order valence-corrected chi connectivity index (χ2v) is 7.64. The molecule has 6 nitrogen and oxygen atoms in total. The maximum Gasteiger partial charge on any atom is 0.297 e. The molecule has 2 aromatic carbocycles. The summed E-state index contributed by atoms with van der Waals surface area (Å²) >= 11 is 1.46. The first kappa shape index (κ1) is 19.1. The molecule has 1 aliphatic heterocycles. The predicted octanol–water partition coefficient (Wildman–Crippen LogP) is 3.87. The van der Waals surface area contributed by atoms with E-state index < -0.39 is 0 Å². The molecule has 1 aromatic heterocycles. The lowest BCUT2D eigenvalue weighted by atomic mass is 10.1. The highest BCUT2D eigenvalue weighted by Crippen LogP contribution is 2.23. The molecule has 0 saturated carbocycles. The molecule has 0 fully saturated rings. The molecule has 2 heterocycles. The van der Waals surface area contributed by atoms with Gasteiger partial charge in [-0.2, -0.15) is 0 Å². The van der Waals surface area contributed by atoms with Gasteiger partial charge in [-0.25, -0.2) is 9.67 Å². The summed E-state index contributed by atoms with van der Waals surface area (Å²) in [5.41, 5.74) is 11.6. The second kappa shape index (κ2) is 8.05. The third-order valence-electron chi connectivity index (χ3n) is 5.00. The molecule has 0 amide bonds. The Morgan fingerprint density at radius 1 is 1.03 bits per heavy atom. The number of aromatic nitrogens is 2. The minimum Gasteiger partial charge on any atom is -0.298 e. The number of benzene rings is 2. The summed E-state index contributed by atoms with van der Waals surface area (Å²) in [5.74, 6) is 0. The third-order valence-corrected chi connectivity index (χ3v) is 5.77. The van der Waals surface area contributed by atoms with Gasteiger partial charge in [0.1, 0.15) is 0 Å². The summed E-state index contributed by atoms with van der Waals surface area (Å²) in [5, 5.41) is 2.63. The summed E-state index contributed by atoms with van der Waals surface area (Å²) in [4.78, 5) is 17.6. The van der Waals surface area contributed by atoms with Crippen molar-refractivity contribution in [3.8, 4) is 5.69 Å². The van der Waals surface area contributed by atoms with Crippen LogP contribution in [0.3, 0.4) is 0 Å². The molecule has 0 aliphatic carbocycles. The van der Waals surface area contributed by atoms with E-state index in [2.05, 4.69) is 47.0 Å². The molecule has 7 heteroatoms. The lowest BCUT2D eigenvalue weighted by Crippen LogP contribution is -2.36. The van der Waals surface area contributed by atoms with Crippen LogP contribution < -0.4 is 16.4 Å². The molecule has 29 heavy (non-hydrogen) atoms. The van der Waals surface area contributed by atoms with Crippen molar-refractivity contribution in [1.82, 2.24) is 20.2 Å². The summed E-state index contributed by atoms with van der Waals surface area (Å²) in [6.07, 6.45) is 1.02. The van der Waals surface area contributed by atoms with Gasteiger partial charge in [-0.05, 0) is 36.6 Å². The highest BCUT2D eigenvalue weighted by Gasteiger charge is 2.18. The maximum absolute atomic E-state index is 13.0. The average molecular weight is 406 g/mol. The molecule has 2 N–H and O–H groups in total. The van der Waals surface area contributed by atoms with E-state index in [1.54, 1.807) is 4.68 Å². The number of hydrazine groups is 1. The molecule has 148 valence electrons. The van der Waals surface area contributed by atoms with E-state index >= 15 is 0 Å². The van der Waals surface area contributed by atoms with Crippen LogP contribution in [-0.4, -0.2) is 14.5 Å². The number of aryl methyl sites for hydroxylation is 1. The summed E-state index contributed by atoms with van der Waals surface area (Å²) in [7, 11) is 1.87. The Balaban J connectivity index is 1.61. The first-order valence-corrected chi connectivity index (χ1v) is 10.4. The first-order chi connectivity index (χ1) is 14.1. The van der Waals surface area contributed by atoms with E-state index in [0.717, 1.165) is 29.1 Å². The lowest BCUT2D eigenvalue weighted by molar-refractivity contribution is 0.630. The van der Waals surface area contributed by atoms with Gasteiger partial charge in [0, 0.05) is 12.5 Å². The van der Waals surface area contributed by atoms with Crippen LogP contribution in [0.5, 0.6) is 0 Å². The molecule has 0 bridgehead atoms. The van der Waals surface area contributed by atoms with Crippen LogP contribution in [0.25, 0.3) is 11.4 Å². The molecule has 0 radical (unpaired) electrons. The normalized spacial score (nSPS) is 15.0. The molecule has 4 rings (SSSR count). The van der Waals surface area contributed by atoms with E-state index in [1.165, 1.54) is 17.3 Å². The molecule has 3 aromatic rings. The van der Waals surface area contributed by atoms with Crippen molar-refractivity contribution in [3.63, 3.8) is 0 Å². The van der Waals surface area contributed by atoms with Crippen molar-refractivity contribution in [3.05, 3.63) is 87.2 Å². The Morgan fingerprint density at radius 3 is 2.38 bits per heavy atom. The SMILES string of the molecule is CCc1ccc(C2=CSC(=Nc3c(C)n(C)n(-c4ccccc4)c3=O)NN2)cc1. The largest absolute Gasteiger partial charge is 0.298 e. The van der Waals surface area contributed by atoms with Crippen molar-refractivity contribution in [1.29, 1.82) is 0 Å². The summed E-state index contributed by atoms with van der Waals surface area (Å²) in [6.45, 7) is 4.04. The minimum atomic E-state index is -0.143. The van der Waals surface area contributed by atoms with Crippen LogP contribution in [0.1, 0.15) is 23.7 Å². The van der Waals surface area contributed by atoms with Crippen LogP contribution in [0, 0.1) is 6.92 Å². The van der Waals surface area contributed by atoms with E-state index in [-0.39, 0.29) is 5.56 Å². The molecule has 0 atom stereocenters. The zero-order chi connectivity index (χ0) is 20.4. The number of nitrogens with one attached hydrogen (secondary N) is 2. The van der Waals surface area contributed by atoms with Gasteiger partial charge >= 0.3 is 0 Å². The lowest BCUT2D eigenvalue weighted by Gasteiger charge is -2.19. The highest BCUT2D eigenvalue weighted by molar-refractivity contribution is 8.16. The van der Waals surface area contributed by atoms with Crippen molar-refractivity contribution < 1.29 is 0 Å². The van der Waals surface area contributed by atoms with E-state index in [0.29, 0.717) is 10.9 Å². The van der Waals surface area contributed by atoms with Crippen molar-refractivity contribution in [2.75, 3.05) is 0 Å². The zero-order valence-electron chi connectivity index (χ0n) is 16.6. The second-order valence-electron chi connectivity index (χ2n) is 6.78. The smallest absolute Gasteiger partial charge is 0.297 e. The van der Waals surface area contributed by atoms with Gasteiger partial charge in [-0.3, -0.25) is 20.3 Å². The zero-order valence-corrected chi connectivity index (χ0v) is 17.5. The topological polar surface area (TPSA) is 63.4 Å². The van der Waals surface area contributed by atoms with Crippen LogP contribution >= 0.6 is 11.8 Å². The number of hydrogen-bond donors (Lipinski definition) is 2. The highest BCUT2D eigenvalue weighted by atomic mass is 32.2. The number of aliphatic imine (C=N–C) groups is 1. The van der Waals surface area contributed by atoms with Gasteiger partial charge in [-0.1, -0.05) is 61.2 Å². The maximum atomic E-state index is 13.0. The standard InChI is InChI=1S/C22H23N5OS/c1-4-16-10-12-17(13-11-16)19-14-29-22(25-24-19)23-20-15(2)26(3)27(21(20)28)18-8-6-5-7-9-18/h5-14,24H,4H2,1-3H3,(H,23,25). The predicted molar refractivity (Wildman–Crippen MR) is 121 cm³/mol. The minimum absolute atomic E-state index is 0.143. The van der Waals surface area contributed by atoms with Gasteiger partial charge in [0.15, 0.2) is 10.9 Å². The van der Waals surface area contributed by atoms with Crippen LogP contribution in [0.2, 0.25) is 0 Å². The van der Waals surface area contributed by atoms with Gasteiger partial charge in [0.2, 0.25) is 0 Å². The van der Waals surface area contributed by atoms with Crippen molar-refractivity contribution in [2.24, 2.45) is 12.0 Å². The van der Waals surface area contributed by atoms with E-state index in [1.807, 2.05) is 54.4 Å². The van der Waals surface area contributed by atoms with Crippen LogP contribution in [0.15, 0.2) is 69.8 Å². The van der Waals surface area contributed by atoms with Crippen LogP contribution in [-0.2, 0) is 13.5 Å². The fourth-order valence-electron chi connectivity index (χ4n) is 3.19. The summed E-state index contributed by atoms with van der Waals surface area (Å²) in [6, 6.07) is 18.0. The Morgan fingerprint density at radius 2 is 1.76 bits per heavy atom. The molecule has 0 spiro atoms. The van der Waals surface area contributed by atoms with E-state index in [9.17, 15) is 4.79 Å². The number of para-hydroxylation sites is 1. The quantitative estimate of drug-likeness (QED) is 0.692. The number of rotatable bonds is 4. The first-order valence-electron chi connectivity index (χ1n) is 9.49. The van der Waals surface area contributed by atoms with Gasteiger partial charge in [0.05, 0.1) is 17.1 Å². The van der Waals surface area contributed by atoms with Gasteiger partial charge in [0.25, 0.3) is 5.56 Å². The Kier molecular flexibility index (Phi) is 5.31. The Bertz CT molecular complexity index is 1140. The fraction of sp³-hybridized carbons (Fsp3) is 0.182. The monoisotopic (exact) mass is 405 g/mol. The molecular formula is C22H23N5OS. The van der Waals surface area contributed by atoms with E-state index in [4.69, 9.17) is 0 Å². The molecular weight excluding hydrogens is 382 g/mol.